The molecule has 80 valence electrons. The van der Waals surface area contributed by atoms with Crippen molar-refractivity contribution < 1.29 is 35.5 Å². The summed E-state index contributed by atoms with van der Waals surface area (Å²) in [5, 5.41) is 33.8. The zero-order chi connectivity index (χ0) is 10.2. The minimum atomic E-state index is -1.39. The van der Waals surface area contributed by atoms with Crippen molar-refractivity contribution in [3.8, 4) is 0 Å². The van der Waals surface area contributed by atoms with Crippen molar-refractivity contribution in [2.24, 2.45) is 0 Å². The van der Waals surface area contributed by atoms with Crippen molar-refractivity contribution in [1.82, 2.24) is 0 Å². The second kappa shape index (κ2) is 7.15. The largest absolute Gasteiger partial charge is 0.387 e. The van der Waals surface area contributed by atoms with E-state index in [2.05, 4.69) is 14.7 Å². The molecule has 4 N–H and O–H groups in total. The van der Waals surface area contributed by atoms with Crippen LogP contribution in [-0.2, 0) is 14.7 Å². The van der Waals surface area contributed by atoms with Crippen LogP contribution in [0.3, 0.4) is 0 Å². The van der Waals surface area contributed by atoms with Crippen LogP contribution in [0.4, 0.5) is 0 Å². The number of hydrogen-bond acceptors (Lipinski definition) is 7. The Morgan fingerprint density at radius 2 is 1.31 bits per heavy atom. The summed E-state index contributed by atoms with van der Waals surface area (Å²) >= 11 is 0. The summed E-state index contributed by atoms with van der Waals surface area (Å²) in [6.07, 6.45) is 0.0981. The SMILES string of the molecule is OOCCC(O)(CCOO)COO. The Morgan fingerprint density at radius 1 is 0.846 bits per heavy atom. The highest BCUT2D eigenvalue weighted by Crippen LogP contribution is 2.15. The van der Waals surface area contributed by atoms with E-state index in [1.807, 2.05) is 0 Å². The van der Waals surface area contributed by atoms with E-state index in [9.17, 15) is 5.11 Å². The first kappa shape index (κ1) is 12.7. The van der Waals surface area contributed by atoms with E-state index in [1.54, 1.807) is 0 Å². The highest BCUT2D eigenvalue weighted by atomic mass is 17.1. The predicted molar refractivity (Wildman–Crippen MR) is 39.9 cm³/mol. The lowest BCUT2D eigenvalue weighted by Crippen LogP contribution is -2.36. The molecule has 0 atom stereocenters. The van der Waals surface area contributed by atoms with Gasteiger partial charge in [0.05, 0.1) is 18.8 Å². The molecule has 7 heteroatoms. The Labute approximate surface area is 74.9 Å². The van der Waals surface area contributed by atoms with Gasteiger partial charge in [-0.3, -0.25) is 15.8 Å². The number of hydrogen-bond donors (Lipinski definition) is 4. The van der Waals surface area contributed by atoms with E-state index in [4.69, 9.17) is 15.8 Å². The summed E-state index contributed by atoms with van der Waals surface area (Å²) in [6.45, 7) is -0.559. The second-order valence-electron chi connectivity index (χ2n) is 2.66. The molecule has 0 unspecified atom stereocenters. The van der Waals surface area contributed by atoms with Crippen molar-refractivity contribution in [2.45, 2.75) is 18.4 Å². The summed E-state index contributed by atoms with van der Waals surface area (Å²) < 4.78 is 0. The van der Waals surface area contributed by atoms with Crippen LogP contribution in [0.1, 0.15) is 12.8 Å². The molecule has 0 fully saturated rings. The first-order valence-corrected chi connectivity index (χ1v) is 3.70. The van der Waals surface area contributed by atoms with Crippen LogP contribution in [0.25, 0.3) is 0 Å². The van der Waals surface area contributed by atoms with Crippen molar-refractivity contribution >= 4 is 0 Å². The maximum absolute atomic E-state index is 9.61. The molecule has 0 aliphatic heterocycles. The second-order valence-corrected chi connectivity index (χ2v) is 2.66. The van der Waals surface area contributed by atoms with Crippen LogP contribution >= 0.6 is 0 Å². The minimum absolute atomic E-state index is 0.0490. The molecule has 0 aromatic carbocycles. The Balaban J connectivity index is 3.84. The van der Waals surface area contributed by atoms with Gasteiger partial charge in [-0.15, -0.1) is 0 Å². The van der Waals surface area contributed by atoms with Crippen LogP contribution in [0, 0.1) is 0 Å². The van der Waals surface area contributed by atoms with Crippen LogP contribution in [-0.4, -0.2) is 46.3 Å². The van der Waals surface area contributed by atoms with Gasteiger partial charge in [-0.2, -0.15) is 0 Å². The number of aliphatic hydroxyl groups is 1. The Bertz CT molecular complexity index is 110. The molecule has 0 saturated heterocycles. The van der Waals surface area contributed by atoms with Gasteiger partial charge in [0.1, 0.15) is 6.61 Å². The molecular formula is C6H14O7. The van der Waals surface area contributed by atoms with Gasteiger partial charge < -0.3 is 5.11 Å². The highest BCUT2D eigenvalue weighted by Gasteiger charge is 2.27. The monoisotopic (exact) mass is 198 g/mol. The standard InChI is InChI=1S/C6H14O7/c7-6(5-13-10,1-3-11-8)2-4-12-9/h7-10H,1-5H2. The summed E-state index contributed by atoms with van der Waals surface area (Å²) in [7, 11) is 0. The smallest absolute Gasteiger partial charge is 0.111 e. The van der Waals surface area contributed by atoms with Crippen LogP contribution in [0.15, 0.2) is 0 Å². The minimum Gasteiger partial charge on any atom is -0.387 e. The first-order chi connectivity index (χ1) is 6.18. The Morgan fingerprint density at radius 3 is 1.62 bits per heavy atom. The molecule has 0 amide bonds. The van der Waals surface area contributed by atoms with E-state index < -0.39 is 5.60 Å². The van der Waals surface area contributed by atoms with Gasteiger partial charge in [0.15, 0.2) is 0 Å². The third kappa shape index (κ3) is 5.88. The third-order valence-electron chi connectivity index (χ3n) is 1.65. The topological polar surface area (TPSA) is 109 Å². The van der Waals surface area contributed by atoms with E-state index in [0.717, 1.165) is 0 Å². The van der Waals surface area contributed by atoms with Crippen LogP contribution in [0.5, 0.6) is 0 Å². The normalized spacial score (nSPS) is 12.0. The van der Waals surface area contributed by atoms with Gasteiger partial charge >= 0.3 is 0 Å². The zero-order valence-electron chi connectivity index (χ0n) is 7.05. The molecule has 13 heavy (non-hydrogen) atoms. The lowest BCUT2D eigenvalue weighted by molar-refractivity contribution is -0.294. The lowest BCUT2D eigenvalue weighted by Gasteiger charge is -2.24. The highest BCUT2D eigenvalue weighted by molar-refractivity contribution is 4.77. The molecule has 7 nitrogen and oxygen atoms in total. The molecule has 0 saturated carbocycles. The first-order valence-electron chi connectivity index (χ1n) is 3.70. The van der Waals surface area contributed by atoms with E-state index in [-0.39, 0.29) is 32.7 Å². The maximum Gasteiger partial charge on any atom is 0.111 e. The molecule has 0 spiro atoms. The Kier molecular flexibility index (Phi) is 7.00. The summed E-state index contributed by atoms with van der Waals surface area (Å²) in [6, 6.07) is 0. The summed E-state index contributed by atoms with van der Waals surface area (Å²) in [4.78, 5) is 11.3. The summed E-state index contributed by atoms with van der Waals surface area (Å²) in [5.41, 5.74) is -1.39. The molecule has 0 rings (SSSR count). The van der Waals surface area contributed by atoms with Gasteiger partial charge in [0, 0.05) is 12.8 Å². The van der Waals surface area contributed by atoms with Crippen molar-refractivity contribution in [3.05, 3.63) is 0 Å². The molecule has 0 radical (unpaired) electrons. The summed E-state index contributed by atoms with van der Waals surface area (Å²) in [5.74, 6) is 0. The van der Waals surface area contributed by atoms with Crippen LogP contribution < -0.4 is 0 Å². The molecular weight excluding hydrogens is 184 g/mol. The molecule has 0 heterocycles. The molecule has 0 bridgehead atoms. The molecule has 0 aliphatic carbocycles. The average Bonchev–Trinajstić information content (AvgIpc) is 2.12. The van der Waals surface area contributed by atoms with Crippen LogP contribution in [0.2, 0.25) is 0 Å². The predicted octanol–water partition coefficient (Wildman–Crippen LogP) is -0.0335. The molecule has 0 aliphatic rings. The van der Waals surface area contributed by atoms with Gasteiger partial charge in [0.2, 0.25) is 0 Å². The maximum atomic E-state index is 9.61. The Hall–Kier alpha value is -0.280. The van der Waals surface area contributed by atoms with Gasteiger partial charge in [-0.05, 0) is 0 Å². The average molecular weight is 198 g/mol. The quantitative estimate of drug-likeness (QED) is 0.320. The number of rotatable bonds is 8. The van der Waals surface area contributed by atoms with Crippen molar-refractivity contribution in [1.29, 1.82) is 0 Å². The van der Waals surface area contributed by atoms with E-state index in [1.165, 1.54) is 0 Å². The third-order valence-corrected chi connectivity index (χ3v) is 1.65. The van der Waals surface area contributed by atoms with Crippen molar-refractivity contribution in [3.63, 3.8) is 0 Å². The molecule has 0 aromatic rings. The van der Waals surface area contributed by atoms with Gasteiger partial charge in [0.25, 0.3) is 0 Å². The fourth-order valence-electron chi connectivity index (χ4n) is 0.861. The fourth-order valence-corrected chi connectivity index (χ4v) is 0.861. The lowest BCUT2D eigenvalue weighted by atomic mass is 9.98. The fraction of sp³-hybridized carbons (Fsp3) is 1.00. The van der Waals surface area contributed by atoms with Crippen molar-refractivity contribution in [2.75, 3.05) is 19.8 Å². The van der Waals surface area contributed by atoms with Gasteiger partial charge in [-0.1, -0.05) is 0 Å². The van der Waals surface area contributed by atoms with E-state index >= 15 is 0 Å². The van der Waals surface area contributed by atoms with Gasteiger partial charge in [-0.25, -0.2) is 14.7 Å². The zero-order valence-corrected chi connectivity index (χ0v) is 7.05. The van der Waals surface area contributed by atoms with E-state index in [0.29, 0.717) is 0 Å². The molecule has 0 aromatic heterocycles.